The lowest BCUT2D eigenvalue weighted by atomic mass is 10.0. The van der Waals surface area contributed by atoms with Crippen LogP contribution < -0.4 is 0 Å². The zero-order valence-corrected chi connectivity index (χ0v) is 20.7. The molecule has 2 N–H and O–H groups in total. The number of aromatic nitrogens is 2. The Hall–Kier alpha value is -4.29. The van der Waals surface area contributed by atoms with Gasteiger partial charge in [0.15, 0.2) is 0 Å². The lowest BCUT2D eigenvalue weighted by Gasteiger charge is -2.16. The maximum Gasteiger partial charge on any atom is 0.417 e. The Morgan fingerprint density at radius 2 is 1.74 bits per heavy atom. The summed E-state index contributed by atoms with van der Waals surface area (Å²) < 4.78 is 56.9. The van der Waals surface area contributed by atoms with Crippen LogP contribution in [0.25, 0.3) is 22.2 Å². The van der Waals surface area contributed by atoms with Crippen LogP contribution in [-0.4, -0.2) is 62.9 Å². The monoisotopic (exact) mass is 563 g/mol. The first kappa shape index (κ1) is 27.7. The summed E-state index contributed by atoms with van der Waals surface area (Å²) in [4.78, 5) is 38.8. The third-order valence-corrected chi connectivity index (χ3v) is 6.22. The number of nitrogens with zero attached hydrogens (tertiary/aromatic N) is 3. The van der Waals surface area contributed by atoms with Crippen LogP contribution in [0.2, 0.25) is 5.02 Å². The lowest BCUT2D eigenvalue weighted by Crippen LogP contribution is -2.29. The zero-order chi connectivity index (χ0) is 28.6. The third-order valence-electron chi connectivity index (χ3n) is 5.91. The number of halogens is 5. The molecule has 13 heteroatoms. The van der Waals surface area contributed by atoms with Crippen molar-refractivity contribution in [2.24, 2.45) is 0 Å². The van der Waals surface area contributed by atoms with Crippen LogP contribution in [-0.2, 0) is 6.18 Å². The van der Waals surface area contributed by atoms with Gasteiger partial charge in [0.2, 0.25) is 0 Å². The topological polar surface area (TPSA) is 113 Å². The molecule has 0 atom stereocenters. The molecule has 0 saturated heterocycles. The van der Waals surface area contributed by atoms with E-state index in [1.165, 1.54) is 30.1 Å². The largest absolute Gasteiger partial charge is 0.478 e. The van der Waals surface area contributed by atoms with Crippen LogP contribution in [0.4, 0.5) is 17.6 Å². The molecule has 0 bridgehead atoms. The Kier molecular flexibility index (Phi) is 7.44. The lowest BCUT2D eigenvalue weighted by molar-refractivity contribution is -0.137. The number of hydrogen-bond donors (Lipinski definition) is 2. The Bertz CT molecular complexity index is 1630. The van der Waals surface area contributed by atoms with Gasteiger partial charge in [0.25, 0.3) is 11.8 Å². The molecule has 1 aromatic heterocycles. The van der Waals surface area contributed by atoms with Crippen molar-refractivity contribution in [3.8, 4) is 11.3 Å². The summed E-state index contributed by atoms with van der Waals surface area (Å²) in [5.41, 5.74) is -3.12. The quantitative estimate of drug-likeness (QED) is 0.321. The van der Waals surface area contributed by atoms with Crippen molar-refractivity contribution in [1.29, 1.82) is 0 Å². The molecule has 4 rings (SSSR count). The Balaban J connectivity index is 1.99. The molecule has 8 nitrogen and oxygen atoms in total. The van der Waals surface area contributed by atoms with Crippen molar-refractivity contribution in [3.05, 3.63) is 87.7 Å². The number of aliphatic hydroxyl groups is 1. The zero-order valence-electron chi connectivity index (χ0n) is 20.0. The molecule has 3 aromatic carbocycles. The number of carboxylic acids is 1. The first-order valence-electron chi connectivity index (χ1n) is 11.2. The SMILES string of the molecule is CN(CCO)C(=O)c1ccc2c(-c3ccc(C(=O)O)cc3F)nn(C(=O)c3c(Cl)cccc3C(F)(F)F)c2c1. The Morgan fingerprint density at radius 1 is 1.05 bits per heavy atom. The van der Waals surface area contributed by atoms with Gasteiger partial charge in [-0.2, -0.15) is 23.0 Å². The molecule has 1 heterocycles. The first-order valence-corrected chi connectivity index (χ1v) is 11.6. The molecule has 0 aliphatic rings. The van der Waals surface area contributed by atoms with Gasteiger partial charge in [0.1, 0.15) is 11.5 Å². The molecule has 39 heavy (non-hydrogen) atoms. The molecule has 0 spiro atoms. The number of carbonyl (C=O) groups is 3. The highest BCUT2D eigenvalue weighted by Gasteiger charge is 2.37. The van der Waals surface area contributed by atoms with Crippen molar-refractivity contribution < 1.29 is 42.2 Å². The van der Waals surface area contributed by atoms with E-state index in [1.54, 1.807) is 0 Å². The van der Waals surface area contributed by atoms with Crippen LogP contribution in [0.15, 0.2) is 54.6 Å². The van der Waals surface area contributed by atoms with E-state index in [0.29, 0.717) is 10.7 Å². The molecule has 0 fully saturated rings. The maximum absolute atomic E-state index is 15.0. The first-order chi connectivity index (χ1) is 18.3. The molecule has 1 amide bonds. The highest BCUT2D eigenvalue weighted by molar-refractivity contribution is 6.34. The highest BCUT2D eigenvalue weighted by Crippen LogP contribution is 2.37. The summed E-state index contributed by atoms with van der Waals surface area (Å²) >= 11 is 6.02. The van der Waals surface area contributed by atoms with Crippen LogP contribution in [0, 0.1) is 5.82 Å². The van der Waals surface area contributed by atoms with E-state index in [0.717, 1.165) is 30.3 Å². The Morgan fingerprint density at radius 3 is 2.36 bits per heavy atom. The highest BCUT2D eigenvalue weighted by atomic mass is 35.5. The maximum atomic E-state index is 15.0. The van der Waals surface area contributed by atoms with Gasteiger partial charge in [-0.3, -0.25) is 9.59 Å². The number of aliphatic hydroxyl groups excluding tert-OH is 1. The van der Waals surface area contributed by atoms with Crippen LogP contribution >= 0.6 is 11.6 Å². The number of rotatable bonds is 6. The number of aromatic carboxylic acids is 1. The van der Waals surface area contributed by atoms with Gasteiger partial charge in [-0.05, 0) is 48.5 Å². The van der Waals surface area contributed by atoms with Gasteiger partial charge in [-0.1, -0.05) is 17.7 Å². The van der Waals surface area contributed by atoms with E-state index >= 15 is 0 Å². The molecule has 0 saturated carbocycles. The number of fused-ring (bicyclic) bond motifs is 1. The summed E-state index contributed by atoms with van der Waals surface area (Å²) in [7, 11) is 1.41. The van der Waals surface area contributed by atoms with Gasteiger partial charge in [0, 0.05) is 30.1 Å². The normalized spacial score (nSPS) is 11.6. The van der Waals surface area contributed by atoms with E-state index in [9.17, 15) is 31.9 Å². The molecule has 0 aliphatic heterocycles. The second-order valence-electron chi connectivity index (χ2n) is 8.41. The Labute approximate surface area is 222 Å². The van der Waals surface area contributed by atoms with Crippen LogP contribution in [0.1, 0.15) is 36.6 Å². The minimum atomic E-state index is -4.95. The summed E-state index contributed by atoms with van der Waals surface area (Å²) in [6, 6.07) is 9.64. The fourth-order valence-electron chi connectivity index (χ4n) is 4.00. The van der Waals surface area contributed by atoms with E-state index in [4.69, 9.17) is 21.8 Å². The predicted molar refractivity (Wildman–Crippen MR) is 132 cm³/mol. The van der Waals surface area contributed by atoms with E-state index < -0.39 is 45.9 Å². The summed E-state index contributed by atoms with van der Waals surface area (Å²) in [6.07, 6.45) is -4.95. The average molecular weight is 564 g/mol. The number of benzene rings is 3. The second-order valence-corrected chi connectivity index (χ2v) is 8.81. The van der Waals surface area contributed by atoms with E-state index in [2.05, 4.69) is 5.10 Å². The molecule has 0 aliphatic carbocycles. The number of likely N-dealkylation sites (N-methyl/N-ethyl adjacent to an activating group) is 1. The molecule has 0 unspecified atom stereocenters. The van der Waals surface area contributed by atoms with Crippen molar-refractivity contribution in [2.45, 2.75) is 6.18 Å². The molecular weight excluding hydrogens is 546 g/mol. The van der Waals surface area contributed by atoms with Crippen LogP contribution in [0.5, 0.6) is 0 Å². The van der Waals surface area contributed by atoms with Gasteiger partial charge >= 0.3 is 12.1 Å². The van der Waals surface area contributed by atoms with Crippen molar-refractivity contribution in [3.63, 3.8) is 0 Å². The standard InChI is InChI=1S/C26H18ClF4N3O5/c1-33(9-10-35)23(36)13-5-8-16-20(12-13)34(24(37)21-17(26(29,30)31)3-2-4-18(21)27)32-22(16)15-7-6-14(25(38)39)11-19(15)28/h2-8,11-12,35H,9-10H2,1H3,(H,38,39). The summed E-state index contributed by atoms with van der Waals surface area (Å²) in [5.74, 6) is -4.26. The van der Waals surface area contributed by atoms with Crippen molar-refractivity contribution in [1.82, 2.24) is 14.7 Å². The van der Waals surface area contributed by atoms with Crippen molar-refractivity contribution in [2.75, 3.05) is 20.2 Å². The second kappa shape index (κ2) is 10.5. The smallest absolute Gasteiger partial charge is 0.417 e. The summed E-state index contributed by atoms with van der Waals surface area (Å²) in [6.45, 7) is -0.348. The fraction of sp³-hybridized carbons (Fsp3) is 0.154. The van der Waals surface area contributed by atoms with Gasteiger partial charge in [-0.15, -0.1) is 0 Å². The average Bonchev–Trinajstić information content (AvgIpc) is 3.25. The summed E-state index contributed by atoms with van der Waals surface area (Å²) in [5, 5.41) is 22.0. The third kappa shape index (κ3) is 5.20. The molecular formula is C26H18ClF4N3O5. The van der Waals surface area contributed by atoms with E-state index in [-0.39, 0.29) is 46.4 Å². The molecule has 0 radical (unpaired) electrons. The molecule has 4 aromatic rings. The minimum absolute atomic E-state index is 0.0100. The van der Waals surface area contributed by atoms with Gasteiger partial charge in [-0.25, -0.2) is 9.18 Å². The number of carbonyl (C=O) groups excluding carboxylic acids is 2. The number of amides is 1. The minimum Gasteiger partial charge on any atom is -0.478 e. The van der Waals surface area contributed by atoms with Crippen molar-refractivity contribution >= 4 is 40.3 Å². The van der Waals surface area contributed by atoms with Crippen LogP contribution in [0.3, 0.4) is 0 Å². The molecule has 202 valence electrons. The predicted octanol–water partition coefficient (Wildman–Crippen LogP) is 4.97. The number of carboxylic acid groups (broad SMARTS) is 1. The number of alkyl halides is 3. The fourth-order valence-corrected chi connectivity index (χ4v) is 4.25. The van der Waals surface area contributed by atoms with Gasteiger partial charge < -0.3 is 15.1 Å². The van der Waals surface area contributed by atoms with Gasteiger partial charge in [0.05, 0.1) is 33.8 Å². The number of hydrogen-bond acceptors (Lipinski definition) is 5. The van der Waals surface area contributed by atoms with E-state index in [1.807, 2.05) is 0 Å².